The molecular formula is C11H13NO. The van der Waals surface area contributed by atoms with Crippen molar-refractivity contribution >= 4 is 6.29 Å². The van der Waals surface area contributed by atoms with Gasteiger partial charge < -0.3 is 10.1 Å². The molecule has 0 amide bonds. The standard InChI is InChI=1S/C11H13NO/c1-8-2-3-10-9(6-8)4-5-12-11(10)7-13/h2-3,6-7,11-12H,4-5H2,1H3/t11-/m0/s1. The van der Waals surface area contributed by atoms with Crippen LogP contribution in [0.4, 0.5) is 0 Å². The van der Waals surface area contributed by atoms with Crippen molar-refractivity contribution in [3.63, 3.8) is 0 Å². The second-order valence-corrected chi connectivity index (χ2v) is 3.52. The first-order valence-electron chi connectivity index (χ1n) is 4.59. The van der Waals surface area contributed by atoms with E-state index in [9.17, 15) is 4.79 Å². The zero-order valence-corrected chi connectivity index (χ0v) is 7.71. The maximum absolute atomic E-state index is 10.7. The molecule has 0 spiro atoms. The number of fused-ring (bicyclic) bond motifs is 1. The van der Waals surface area contributed by atoms with E-state index in [1.165, 1.54) is 11.1 Å². The van der Waals surface area contributed by atoms with Crippen LogP contribution in [0.15, 0.2) is 18.2 Å². The first-order valence-corrected chi connectivity index (χ1v) is 4.59. The molecule has 1 N–H and O–H groups in total. The van der Waals surface area contributed by atoms with Gasteiger partial charge in [-0.05, 0) is 24.5 Å². The molecule has 0 fully saturated rings. The normalized spacial score (nSPS) is 20.8. The van der Waals surface area contributed by atoms with Crippen molar-refractivity contribution in [3.05, 3.63) is 34.9 Å². The summed E-state index contributed by atoms with van der Waals surface area (Å²) in [5.74, 6) is 0. The molecule has 13 heavy (non-hydrogen) atoms. The van der Waals surface area contributed by atoms with Crippen LogP contribution in [0.3, 0.4) is 0 Å². The average molecular weight is 175 g/mol. The van der Waals surface area contributed by atoms with E-state index in [1.807, 2.05) is 0 Å². The molecule has 0 bridgehead atoms. The zero-order valence-electron chi connectivity index (χ0n) is 7.71. The summed E-state index contributed by atoms with van der Waals surface area (Å²) in [7, 11) is 0. The molecule has 0 saturated carbocycles. The number of hydrogen-bond donors (Lipinski definition) is 1. The second-order valence-electron chi connectivity index (χ2n) is 3.52. The second kappa shape index (κ2) is 3.30. The van der Waals surface area contributed by atoms with E-state index in [1.54, 1.807) is 0 Å². The lowest BCUT2D eigenvalue weighted by Crippen LogP contribution is -2.30. The van der Waals surface area contributed by atoms with Crippen LogP contribution in [-0.2, 0) is 11.2 Å². The molecule has 1 aliphatic rings. The highest BCUT2D eigenvalue weighted by molar-refractivity contribution is 5.63. The topological polar surface area (TPSA) is 29.1 Å². The molecule has 1 atom stereocenters. The summed E-state index contributed by atoms with van der Waals surface area (Å²) in [6.45, 7) is 2.98. The SMILES string of the molecule is Cc1ccc2c(c1)CCN[C@H]2C=O. The van der Waals surface area contributed by atoms with Crippen molar-refractivity contribution in [1.29, 1.82) is 0 Å². The molecule has 2 heteroatoms. The van der Waals surface area contributed by atoms with Gasteiger partial charge in [0.15, 0.2) is 0 Å². The summed E-state index contributed by atoms with van der Waals surface area (Å²) in [5, 5.41) is 3.18. The predicted molar refractivity (Wildman–Crippen MR) is 51.7 cm³/mol. The van der Waals surface area contributed by atoms with Crippen LogP contribution in [0.1, 0.15) is 22.7 Å². The highest BCUT2D eigenvalue weighted by atomic mass is 16.1. The molecule has 0 unspecified atom stereocenters. The monoisotopic (exact) mass is 175 g/mol. The molecule has 0 saturated heterocycles. The van der Waals surface area contributed by atoms with Crippen LogP contribution < -0.4 is 5.32 Å². The Labute approximate surface area is 78.0 Å². The van der Waals surface area contributed by atoms with E-state index in [0.717, 1.165) is 24.8 Å². The number of nitrogens with one attached hydrogen (secondary N) is 1. The largest absolute Gasteiger partial charge is 0.304 e. The van der Waals surface area contributed by atoms with Crippen LogP contribution >= 0.6 is 0 Å². The number of carbonyl (C=O) groups is 1. The lowest BCUT2D eigenvalue weighted by molar-refractivity contribution is -0.109. The van der Waals surface area contributed by atoms with Crippen molar-refractivity contribution in [2.75, 3.05) is 6.54 Å². The minimum absolute atomic E-state index is 0.0932. The molecule has 0 radical (unpaired) electrons. The fourth-order valence-corrected chi connectivity index (χ4v) is 1.85. The van der Waals surface area contributed by atoms with Gasteiger partial charge in [-0.2, -0.15) is 0 Å². The van der Waals surface area contributed by atoms with Crippen molar-refractivity contribution in [2.24, 2.45) is 0 Å². The molecule has 0 aromatic heterocycles. The van der Waals surface area contributed by atoms with Crippen LogP contribution in [0.5, 0.6) is 0 Å². The third kappa shape index (κ3) is 1.49. The third-order valence-electron chi connectivity index (χ3n) is 2.53. The Morgan fingerprint density at radius 1 is 1.54 bits per heavy atom. The van der Waals surface area contributed by atoms with E-state index >= 15 is 0 Å². The fraction of sp³-hybridized carbons (Fsp3) is 0.364. The Morgan fingerprint density at radius 2 is 2.38 bits per heavy atom. The van der Waals surface area contributed by atoms with Gasteiger partial charge in [0.25, 0.3) is 0 Å². The fourth-order valence-electron chi connectivity index (χ4n) is 1.85. The molecule has 0 aliphatic carbocycles. The summed E-state index contributed by atoms with van der Waals surface area (Å²) >= 11 is 0. The Morgan fingerprint density at radius 3 is 3.15 bits per heavy atom. The zero-order chi connectivity index (χ0) is 9.26. The number of hydrogen-bond acceptors (Lipinski definition) is 2. The van der Waals surface area contributed by atoms with E-state index in [-0.39, 0.29) is 6.04 Å². The van der Waals surface area contributed by atoms with Gasteiger partial charge in [-0.3, -0.25) is 0 Å². The first kappa shape index (κ1) is 8.45. The Balaban J connectivity index is 2.45. The highest BCUT2D eigenvalue weighted by Gasteiger charge is 2.17. The van der Waals surface area contributed by atoms with Crippen LogP contribution in [0, 0.1) is 6.92 Å². The van der Waals surface area contributed by atoms with Gasteiger partial charge in [0.1, 0.15) is 6.29 Å². The molecular weight excluding hydrogens is 162 g/mol. The molecule has 1 aliphatic heterocycles. The minimum atomic E-state index is -0.0932. The van der Waals surface area contributed by atoms with Gasteiger partial charge >= 0.3 is 0 Å². The van der Waals surface area contributed by atoms with Crippen LogP contribution in [0.2, 0.25) is 0 Å². The van der Waals surface area contributed by atoms with Crippen LogP contribution in [0.25, 0.3) is 0 Å². The maximum atomic E-state index is 10.7. The number of benzene rings is 1. The Kier molecular flexibility index (Phi) is 2.15. The lowest BCUT2D eigenvalue weighted by atomic mass is 9.93. The number of aldehydes is 1. The maximum Gasteiger partial charge on any atom is 0.141 e. The van der Waals surface area contributed by atoms with E-state index in [0.29, 0.717) is 0 Å². The first-order chi connectivity index (χ1) is 6.31. The molecule has 1 aromatic carbocycles. The van der Waals surface area contributed by atoms with Crippen molar-refractivity contribution in [1.82, 2.24) is 5.32 Å². The van der Waals surface area contributed by atoms with Crippen molar-refractivity contribution in [3.8, 4) is 0 Å². The van der Waals surface area contributed by atoms with Gasteiger partial charge in [0.2, 0.25) is 0 Å². The van der Waals surface area contributed by atoms with Gasteiger partial charge in [-0.15, -0.1) is 0 Å². The Hall–Kier alpha value is -1.15. The number of rotatable bonds is 1. The third-order valence-corrected chi connectivity index (χ3v) is 2.53. The molecule has 2 rings (SSSR count). The molecule has 68 valence electrons. The van der Waals surface area contributed by atoms with Crippen LogP contribution in [-0.4, -0.2) is 12.8 Å². The Bertz CT molecular complexity index is 333. The summed E-state index contributed by atoms with van der Waals surface area (Å²) in [6, 6.07) is 6.19. The summed E-state index contributed by atoms with van der Waals surface area (Å²) in [4.78, 5) is 10.7. The molecule has 1 aromatic rings. The van der Waals surface area contributed by atoms with Crippen molar-refractivity contribution in [2.45, 2.75) is 19.4 Å². The quantitative estimate of drug-likeness (QED) is 0.653. The predicted octanol–water partition coefficient (Wildman–Crippen LogP) is 1.38. The summed E-state index contributed by atoms with van der Waals surface area (Å²) in [6.07, 6.45) is 2.01. The summed E-state index contributed by atoms with van der Waals surface area (Å²) in [5.41, 5.74) is 3.73. The van der Waals surface area contributed by atoms with E-state index in [2.05, 4.69) is 30.4 Å². The van der Waals surface area contributed by atoms with Gasteiger partial charge in [-0.25, -0.2) is 0 Å². The average Bonchev–Trinajstić information content (AvgIpc) is 2.16. The molecule has 1 heterocycles. The minimum Gasteiger partial charge on any atom is -0.304 e. The van der Waals surface area contributed by atoms with Gasteiger partial charge in [-0.1, -0.05) is 23.8 Å². The lowest BCUT2D eigenvalue weighted by Gasteiger charge is -2.22. The van der Waals surface area contributed by atoms with Gasteiger partial charge in [0, 0.05) is 6.54 Å². The molecule has 2 nitrogen and oxygen atoms in total. The highest BCUT2D eigenvalue weighted by Crippen LogP contribution is 2.22. The summed E-state index contributed by atoms with van der Waals surface area (Å²) < 4.78 is 0. The number of aryl methyl sites for hydroxylation is 1. The van der Waals surface area contributed by atoms with E-state index < -0.39 is 0 Å². The number of carbonyl (C=O) groups excluding carboxylic acids is 1. The van der Waals surface area contributed by atoms with E-state index in [4.69, 9.17) is 0 Å². The van der Waals surface area contributed by atoms with Gasteiger partial charge in [0.05, 0.1) is 6.04 Å². The van der Waals surface area contributed by atoms with Crippen molar-refractivity contribution < 1.29 is 4.79 Å². The smallest absolute Gasteiger partial charge is 0.141 e.